The zero-order chi connectivity index (χ0) is 17.6. The van der Waals surface area contributed by atoms with Gasteiger partial charge in [0, 0.05) is 10.9 Å². The standard InChI is InChI=1S/C16H13N3O4S2/c1-22-15(21)13-6-17-16(25-13)19-14(20)10-2-4-12(5-3-10)23-7-11-8-24-9-18-11/h2-6,8-9H,7H2,1H3,(H,17,19,20). The quantitative estimate of drug-likeness (QED) is 0.665. The molecule has 0 atom stereocenters. The van der Waals surface area contributed by atoms with Gasteiger partial charge in [-0.15, -0.1) is 11.3 Å². The minimum Gasteiger partial charge on any atom is -0.487 e. The van der Waals surface area contributed by atoms with Crippen molar-refractivity contribution in [3.8, 4) is 5.75 Å². The van der Waals surface area contributed by atoms with Crippen molar-refractivity contribution in [1.29, 1.82) is 0 Å². The second-order valence-electron chi connectivity index (χ2n) is 4.77. The van der Waals surface area contributed by atoms with Gasteiger partial charge in [0.15, 0.2) is 5.13 Å². The van der Waals surface area contributed by atoms with E-state index in [0.717, 1.165) is 17.0 Å². The molecule has 1 aromatic carbocycles. The summed E-state index contributed by atoms with van der Waals surface area (Å²) >= 11 is 2.56. The molecule has 25 heavy (non-hydrogen) atoms. The number of nitrogens with one attached hydrogen (secondary N) is 1. The Morgan fingerprint density at radius 1 is 1.20 bits per heavy atom. The van der Waals surface area contributed by atoms with E-state index in [1.807, 2.05) is 5.38 Å². The fraction of sp³-hybridized carbons (Fsp3) is 0.125. The van der Waals surface area contributed by atoms with Crippen LogP contribution in [0.1, 0.15) is 25.7 Å². The molecule has 2 heterocycles. The molecule has 1 amide bonds. The molecule has 128 valence electrons. The van der Waals surface area contributed by atoms with Gasteiger partial charge in [-0.25, -0.2) is 14.8 Å². The lowest BCUT2D eigenvalue weighted by Crippen LogP contribution is -2.11. The van der Waals surface area contributed by atoms with E-state index in [1.54, 1.807) is 29.8 Å². The van der Waals surface area contributed by atoms with Crippen LogP contribution in [0.15, 0.2) is 41.4 Å². The Morgan fingerprint density at radius 3 is 2.68 bits per heavy atom. The number of aromatic nitrogens is 2. The maximum atomic E-state index is 12.2. The molecule has 0 unspecified atom stereocenters. The summed E-state index contributed by atoms with van der Waals surface area (Å²) in [6.07, 6.45) is 1.36. The molecule has 3 aromatic rings. The Labute approximate surface area is 151 Å². The molecule has 0 aliphatic carbocycles. The molecule has 1 N–H and O–H groups in total. The van der Waals surface area contributed by atoms with Crippen molar-refractivity contribution in [2.24, 2.45) is 0 Å². The van der Waals surface area contributed by atoms with E-state index in [-0.39, 0.29) is 5.91 Å². The number of esters is 1. The van der Waals surface area contributed by atoms with Gasteiger partial charge in [0.25, 0.3) is 5.91 Å². The number of methoxy groups -OCH3 is 1. The third-order valence-corrected chi connectivity index (χ3v) is 4.63. The van der Waals surface area contributed by atoms with E-state index < -0.39 is 5.97 Å². The largest absolute Gasteiger partial charge is 0.487 e. The van der Waals surface area contributed by atoms with Crippen LogP contribution in [0, 0.1) is 0 Å². The molecular weight excluding hydrogens is 362 g/mol. The zero-order valence-corrected chi connectivity index (χ0v) is 14.7. The molecule has 0 radical (unpaired) electrons. The predicted molar refractivity (Wildman–Crippen MR) is 94.3 cm³/mol. The summed E-state index contributed by atoms with van der Waals surface area (Å²) in [5.41, 5.74) is 3.06. The summed E-state index contributed by atoms with van der Waals surface area (Å²) < 4.78 is 10.2. The minimum absolute atomic E-state index is 0.322. The maximum Gasteiger partial charge on any atom is 0.349 e. The Kier molecular flexibility index (Phi) is 5.36. The van der Waals surface area contributed by atoms with Crippen molar-refractivity contribution in [1.82, 2.24) is 9.97 Å². The highest BCUT2D eigenvalue weighted by atomic mass is 32.1. The first kappa shape index (κ1) is 17.1. The highest BCUT2D eigenvalue weighted by Crippen LogP contribution is 2.20. The molecule has 0 fully saturated rings. The van der Waals surface area contributed by atoms with Crippen LogP contribution in [0.3, 0.4) is 0 Å². The molecule has 0 saturated heterocycles. The number of amides is 1. The Bertz CT molecular complexity index is 860. The maximum absolute atomic E-state index is 12.2. The molecule has 0 bridgehead atoms. The summed E-state index contributed by atoms with van der Waals surface area (Å²) in [5, 5.41) is 4.89. The number of ether oxygens (including phenoxy) is 2. The highest BCUT2D eigenvalue weighted by Gasteiger charge is 2.13. The minimum atomic E-state index is -0.486. The lowest BCUT2D eigenvalue weighted by atomic mass is 10.2. The third-order valence-electron chi connectivity index (χ3n) is 3.10. The number of nitrogens with zero attached hydrogens (tertiary/aromatic N) is 2. The zero-order valence-electron chi connectivity index (χ0n) is 13.1. The number of thiazole rings is 2. The average Bonchev–Trinajstić information content (AvgIpc) is 3.31. The van der Waals surface area contributed by atoms with Crippen molar-refractivity contribution in [3.63, 3.8) is 0 Å². The van der Waals surface area contributed by atoms with Gasteiger partial charge in [-0.3, -0.25) is 10.1 Å². The molecule has 0 aliphatic heterocycles. The highest BCUT2D eigenvalue weighted by molar-refractivity contribution is 7.17. The normalized spacial score (nSPS) is 10.3. The average molecular weight is 375 g/mol. The number of carbonyl (C=O) groups excluding carboxylic acids is 2. The number of benzene rings is 1. The van der Waals surface area contributed by atoms with Gasteiger partial charge in [-0.05, 0) is 24.3 Å². The summed E-state index contributed by atoms with van der Waals surface area (Å²) in [5.74, 6) is -0.164. The van der Waals surface area contributed by atoms with Crippen LogP contribution >= 0.6 is 22.7 Å². The molecule has 0 spiro atoms. The van der Waals surface area contributed by atoms with Crippen molar-refractivity contribution in [3.05, 3.63) is 57.5 Å². The molecular formula is C16H13N3O4S2. The molecule has 7 nitrogen and oxygen atoms in total. The predicted octanol–water partition coefficient (Wildman–Crippen LogP) is 3.22. The lowest BCUT2D eigenvalue weighted by molar-refractivity contribution is 0.0606. The summed E-state index contributed by atoms with van der Waals surface area (Å²) in [4.78, 5) is 32.0. The third kappa shape index (κ3) is 4.40. The van der Waals surface area contributed by atoms with Crippen LogP contribution in [0.2, 0.25) is 0 Å². The van der Waals surface area contributed by atoms with Crippen LogP contribution in [-0.2, 0) is 11.3 Å². The summed E-state index contributed by atoms with van der Waals surface area (Å²) in [6.45, 7) is 0.379. The van der Waals surface area contributed by atoms with E-state index in [0.29, 0.717) is 27.9 Å². The Balaban J connectivity index is 1.58. The van der Waals surface area contributed by atoms with Gasteiger partial charge in [-0.1, -0.05) is 11.3 Å². The topological polar surface area (TPSA) is 90.4 Å². The van der Waals surface area contributed by atoms with Crippen molar-refractivity contribution >= 4 is 39.7 Å². The van der Waals surface area contributed by atoms with Gasteiger partial charge in [0.05, 0.1) is 24.5 Å². The number of hydrogen-bond donors (Lipinski definition) is 1. The van der Waals surface area contributed by atoms with E-state index in [4.69, 9.17) is 4.74 Å². The number of carbonyl (C=O) groups is 2. The molecule has 9 heteroatoms. The fourth-order valence-corrected chi connectivity index (χ4v) is 3.14. The molecule has 2 aromatic heterocycles. The van der Waals surface area contributed by atoms with Crippen molar-refractivity contribution in [2.75, 3.05) is 12.4 Å². The number of rotatable bonds is 6. The van der Waals surface area contributed by atoms with Gasteiger partial charge < -0.3 is 9.47 Å². The smallest absolute Gasteiger partial charge is 0.349 e. The first-order valence-corrected chi connectivity index (χ1v) is 8.87. The fourth-order valence-electron chi connectivity index (χ4n) is 1.86. The summed E-state index contributed by atoms with van der Waals surface area (Å²) in [6, 6.07) is 6.73. The second-order valence-corrected chi connectivity index (χ2v) is 6.52. The van der Waals surface area contributed by atoms with E-state index in [1.165, 1.54) is 24.6 Å². The van der Waals surface area contributed by atoms with E-state index >= 15 is 0 Å². The van der Waals surface area contributed by atoms with E-state index in [2.05, 4.69) is 20.0 Å². The lowest BCUT2D eigenvalue weighted by Gasteiger charge is -2.06. The van der Waals surface area contributed by atoms with Crippen molar-refractivity contribution in [2.45, 2.75) is 6.61 Å². The van der Waals surface area contributed by atoms with Crippen molar-refractivity contribution < 1.29 is 19.1 Å². The second kappa shape index (κ2) is 7.86. The van der Waals surface area contributed by atoms with Crippen LogP contribution in [-0.4, -0.2) is 29.0 Å². The van der Waals surface area contributed by atoms with Crippen LogP contribution < -0.4 is 10.1 Å². The van der Waals surface area contributed by atoms with Crippen LogP contribution in [0.25, 0.3) is 0 Å². The van der Waals surface area contributed by atoms with E-state index in [9.17, 15) is 9.59 Å². The van der Waals surface area contributed by atoms with Crippen LogP contribution in [0.5, 0.6) is 5.75 Å². The van der Waals surface area contributed by atoms with Gasteiger partial charge in [0.2, 0.25) is 0 Å². The Morgan fingerprint density at radius 2 is 2.00 bits per heavy atom. The monoisotopic (exact) mass is 375 g/mol. The molecule has 0 aliphatic rings. The van der Waals surface area contributed by atoms with Gasteiger partial charge >= 0.3 is 5.97 Å². The van der Waals surface area contributed by atoms with Gasteiger partial charge in [0.1, 0.15) is 17.2 Å². The molecule has 3 rings (SSSR count). The Hall–Kier alpha value is -2.78. The first-order chi connectivity index (χ1) is 12.2. The first-order valence-electron chi connectivity index (χ1n) is 7.11. The number of hydrogen-bond acceptors (Lipinski definition) is 8. The van der Waals surface area contributed by atoms with Gasteiger partial charge in [-0.2, -0.15) is 0 Å². The summed E-state index contributed by atoms with van der Waals surface area (Å²) in [7, 11) is 1.29. The number of anilines is 1. The molecule has 0 saturated carbocycles. The SMILES string of the molecule is COC(=O)c1cnc(NC(=O)c2ccc(OCc3cscn3)cc2)s1. The van der Waals surface area contributed by atoms with Crippen LogP contribution in [0.4, 0.5) is 5.13 Å².